The number of nitrogen functional groups attached to an aromatic ring is 1. The minimum absolute atomic E-state index is 0.0884. The van der Waals surface area contributed by atoms with Crippen LogP contribution >= 0.6 is 11.8 Å². The van der Waals surface area contributed by atoms with Crippen LogP contribution in [0.5, 0.6) is 0 Å². The molecule has 9 heteroatoms. The van der Waals surface area contributed by atoms with Crippen LogP contribution in [0.4, 0.5) is 5.82 Å². The Morgan fingerprint density at radius 3 is 2.63 bits per heavy atom. The van der Waals surface area contributed by atoms with Gasteiger partial charge in [-0.1, -0.05) is 26.0 Å². The largest absolute Gasteiger partial charge is 0.405 e. The van der Waals surface area contributed by atoms with E-state index in [1.807, 2.05) is 24.3 Å². The van der Waals surface area contributed by atoms with Crippen molar-refractivity contribution >= 4 is 29.5 Å². The van der Waals surface area contributed by atoms with Gasteiger partial charge in [0, 0.05) is 22.3 Å². The summed E-state index contributed by atoms with van der Waals surface area (Å²) in [4.78, 5) is 13.7. The number of anilines is 1. The van der Waals surface area contributed by atoms with E-state index in [0.717, 1.165) is 5.56 Å². The maximum absolute atomic E-state index is 8.06. The topological polar surface area (TPSA) is 149 Å². The molecular formula is C18H25N7OS. The number of rotatable bonds is 7. The van der Waals surface area contributed by atoms with E-state index in [2.05, 4.69) is 28.8 Å². The molecule has 2 aromatic rings. The van der Waals surface area contributed by atoms with Crippen molar-refractivity contribution in [3.8, 4) is 11.3 Å². The van der Waals surface area contributed by atoms with Crippen LogP contribution in [0, 0.1) is 5.41 Å². The zero-order valence-electron chi connectivity index (χ0n) is 15.5. The van der Waals surface area contributed by atoms with Crippen molar-refractivity contribution in [2.24, 2.45) is 16.5 Å². The highest BCUT2D eigenvalue weighted by Crippen LogP contribution is 2.26. The van der Waals surface area contributed by atoms with Gasteiger partial charge in [0.05, 0.1) is 11.9 Å². The number of benzene rings is 1. The number of nitrogens with zero attached hydrogens (tertiary/aromatic N) is 3. The lowest BCUT2D eigenvalue weighted by atomic mass is 10.1. The number of nitrogens with one attached hydrogen (secondary N) is 1. The minimum atomic E-state index is -0.303. The third kappa shape index (κ3) is 6.22. The molecule has 2 rings (SSSR count). The molecule has 0 fully saturated rings. The number of hydrogen-bond acceptors (Lipinski definition) is 8. The molecule has 1 heterocycles. The van der Waals surface area contributed by atoms with Crippen LogP contribution in [-0.4, -0.2) is 40.2 Å². The summed E-state index contributed by atoms with van der Waals surface area (Å²) in [7, 11) is 0. The molecule has 0 aliphatic heterocycles. The number of amidine groups is 1. The Labute approximate surface area is 163 Å². The summed E-state index contributed by atoms with van der Waals surface area (Å²) in [6.45, 7) is 5.22. The number of thioether (sulfide) groups is 1. The second-order valence-electron chi connectivity index (χ2n) is 5.97. The predicted molar refractivity (Wildman–Crippen MR) is 111 cm³/mol. The van der Waals surface area contributed by atoms with Gasteiger partial charge in [0.2, 0.25) is 5.90 Å². The molecule has 0 aliphatic rings. The normalized spacial score (nSPS) is 11.6. The first kappa shape index (κ1) is 20.7. The molecule has 7 N–H and O–H groups in total. The number of nitrogens with two attached hydrogens (primary N) is 3. The number of hydrogen-bond donors (Lipinski definition) is 4. The van der Waals surface area contributed by atoms with E-state index < -0.39 is 0 Å². The average Bonchev–Trinajstić information content (AvgIpc) is 2.62. The van der Waals surface area contributed by atoms with Gasteiger partial charge in [0.1, 0.15) is 0 Å². The van der Waals surface area contributed by atoms with Gasteiger partial charge in [0.25, 0.3) is 6.02 Å². The molecule has 0 amide bonds. The van der Waals surface area contributed by atoms with Crippen molar-refractivity contribution in [3.05, 3.63) is 36.2 Å². The van der Waals surface area contributed by atoms with E-state index in [9.17, 15) is 0 Å². The quantitative estimate of drug-likeness (QED) is 0.246. The summed E-state index contributed by atoms with van der Waals surface area (Å²) in [6.07, 6.45) is 2.25. The van der Waals surface area contributed by atoms with Crippen LogP contribution in [0.15, 0.2) is 40.4 Å². The summed E-state index contributed by atoms with van der Waals surface area (Å²) in [6, 6.07) is 7.85. The van der Waals surface area contributed by atoms with Crippen LogP contribution < -0.4 is 17.2 Å². The first-order valence-electron chi connectivity index (χ1n) is 8.57. The van der Waals surface area contributed by atoms with E-state index in [0.29, 0.717) is 30.5 Å². The fourth-order valence-electron chi connectivity index (χ4n) is 2.15. The van der Waals surface area contributed by atoms with Gasteiger partial charge in [-0.15, -0.1) is 11.8 Å². The zero-order chi connectivity index (χ0) is 19.8. The van der Waals surface area contributed by atoms with Crippen LogP contribution in [0.2, 0.25) is 0 Å². The van der Waals surface area contributed by atoms with E-state index in [1.54, 1.807) is 18.0 Å². The van der Waals surface area contributed by atoms with Gasteiger partial charge >= 0.3 is 0 Å². The molecule has 0 aliphatic carbocycles. The highest BCUT2D eigenvalue weighted by atomic mass is 32.2. The second-order valence-corrected chi connectivity index (χ2v) is 7.62. The minimum Gasteiger partial charge on any atom is -0.405 e. The van der Waals surface area contributed by atoms with Crippen molar-refractivity contribution in [1.29, 1.82) is 5.41 Å². The molecule has 8 nitrogen and oxygen atoms in total. The first-order valence-corrected chi connectivity index (χ1v) is 9.45. The molecule has 1 aromatic carbocycles. The Hall–Kier alpha value is -2.65. The standard InChI is InChI=1S/C18H25N7OS/c1-11(2)27-13-6-4-12(5-7-13)14-10-24-16(20)15(25-14)17(21)26-18(22)23-9-3-8-19/h4-7,10-11,21H,3,8-9,19H2,1-2H3,(H2,20,24)(H2,22,23). The smallest absolute Gasteiger partial charge is 0.288 e. The van der Waals surface area contributed by atoms with Gasteiger partial charge in [-0.25, -0.2) is 15.0 Å². The highest BCUT2D eigenvalue weighted by Gasteiger charge is 2.14. The molecule has 0 unspecified atom stereocenters. The van der Waals surface area contributed by atoms with Crippen molar-refractivity contribution in [2.75, 3.05) is 18.8 Å². The molecule has 0 saturated heterocycles. The SMILES string of the molecule is CC(C)Sc1ccc(-c2cnc(N)c(C(=N)OC(N)=NCCCN)n2)cc1. The lowest BCUT2D eigenvalue weighted by Crippen LogP contribution is -2.23. The van der Waals surface area contributed by atoms with Crippen molar-refractivity contribution in [2.45, 2.75) is 30.4 Å². The summed E-state index contributed by atoms with van der Waals surface area (Å²) in [5, 5.41) is 8.57. The molecule has 0 bridgehead atoms. The second kappa shape index (κ2) is 9.89. The lowest BCUT2D eigenvalue weighted by molar-refractivity contribution is 0.525. The highest BCUT2D eigenvalue weighted by molar-refractivity contribution is 7.99. The van der Waals surface area contributed by atoms with Gasteiger partial charge in [-0.3, -0.25) is 5.41 Å². The van der Waals surface area contributed by atoms with E-state index in [1.165, 1.54) is 4.90 Å². The number of aliphatic imine (C=N–C) groups is 1. The van der Waals surface area contributed by atoms with Crippen molar-refractivity contribution < 1.29 is 4.74 Å². The Morgan fingerprint density at radius 1 is 1.30 bits per heavy atom. The number of ether oxygens (including phenoxy) is 1. The zero-order valence-corrected chi connectivity index (χ0v) is 16.3. The van der Waals surface area contributed by atoms with Gasteiger partial charge in [0.15, 0.2) is 11.5 Å². The van der Waals surface area contributed by atoms with Gasteiger partial charge < -0.3 is 21.9 Å². The fourth-order valence-corrected chi connectivity index (χ4v) is 2.98. The monoisotopic (exact) mass is 387 g/mol. The van der Waals surface area contributed by atoms with Crippen LogP contribution in [0.25, 0.3) is 11.3 Å². The molecule has 0 atom stereocenters. The first-order chi connectivity index (χ1) is 12.9. The number of aromatic nitrogens is 2. The summed E-state index contributed by atoms with van der Waals surface area (Å²) >= 11 is 1.78. The van der Waals surface area contributed by atoms with Crippen LogP contribution in [-0.2, 0) is 4.74 Å². The lowest BCUT2D eigenvalue weighted by Gasteiger charge is -2.10. The Balaban J connectivity index is 2.17. The average molecular weight is 388 g/mol. The molecule has 0 spiro atoms. The summed E-state index contributed by atoms with van der Waals surface area (Å²) < 4.78 is 5.20. The molecule has 0 saturated carbocycles. The van der Waals surface area contributed by atoms with Crippen molar-refractivity contribution in [3.63, 3.8) is 0 Å². The van der Waals surface area contributed by atoms with Crippen LogP contribution in [0.1, 0.15) is 26.0 Å². The van der Waals surface area contributed by atoms with E-state index in [4.69, 9.17) is 27.3 Å². The fraction of sp³-hybridized carbons (Fsp3) is 0.333. The summed E-state index contributed by atoms with van der Waals surface area (Å²) in [5.41, 5.74) is 18.5. The maximum Gasteiger partial charge on any atom is 0.288 e. The Morgan fingerprint density at radius 2 is 2.00 bits per heavy atom. The Bertz CT molecular complexity index is 806. The van der Waals surface area contributed by atoms with E-state index in [-0.39, 0.29) is 23.4 Å². The maximum atomic E-state index is 8.06. The molecular weight excluding hydrogens is 362 g/mol. The summed E-state index contributed by atoms with van der Waals surface area (Å²) in [5.74, 6) is -0.215. The third-order valence-corrected chi connectivity index (χ3v) is 4.39. The molecule has 1 aromatic heterocycles. The van der Waals surface area contributed by atoms with E-state index >= 15 is 0 Å². The van der Waals surface area contributed by atoms with Crippen molar-refractivity contribution in [1.82, 2.24) is 9.97 Å². The third-order valence-electron chi connectivity index (χ3n) is 3.37. The molecule has 144 valence electrons. The molecule has 27 heavy (non-hydrogen) atoms. The molecule has 0 radical (unpaired) electrons. The van der Waals surface area contributed by atoms with Gasteiger partial charge in [-0.2, -0.15) is 0 Å². The Kier molecular flexibility index (Phi) is 7.56. The van der Waals surface area contributed by atoms with Gasteiger partial charge in [-0.05, 0) is 25.1 Å². The van der Waals surface area contributed by atoms with Crippen LogP contribution in [0.3, 0.4) is 0 Å². The predicted octanol–water partition coefficient (Wildman–Crippen LogP) is 2.23.